The minimum Gasteiger partial charge on any atom is -0.491 e. The maximum Gasteiger partial charge on any atom is 0.335 e. The molecule has 0 aliphatic heterocycles. The Morgan fingerprint density at radius 1 is 1.47 bits per heavy atom. The van der Waals surface area contributed by atoms with Gasteiger partial charge in [-0.3, -0.25) is 0 Å². The lowest BCUT2D eigenvalue weighted by Gasteiger charge is -2.07. The van der Waals surface area contributed by atoms with Gasteiger partial charge in [0.05, 0.1) is 16.3 Å². The van der Waals surface area contributed by atoms with Gasteiger partial charge in [0.25, 0.3) is 0 Å². The summed E-state index contributed by atoms with van der Waals surface area (Å²) in [6.45, 7) is -0.0228. The second-order valence-corrected chi connectivity index (χ2v) is 6.10. The van der Waals surface area contributed by atoms with Crippen LogP contribution in [0.25, 0.3) is 0 Å². The Morgan fingerprint density at radius 2 is 2.12 bits per heavy atom. The Bertz CT molecular complexity index is 523. The van der Waals surface area contributed by atoms with Gasteiger partial charge in [-0.15, -0.1) is 0 Å². The second kappa shape index (κ2) is 5.37. The Hall–Kier alpha value is -1.27. The number of rotatable bonds is 5. The van der Waals surface area contributed by atoms with Crippen LogP contribution >= 0.6 is 11.6 Å². The molecule has 1 N–H and O–H groups in total. The lowest BCUT2D eigenvalue weighted by molar-refractivity contribution is 0.0697. The highest BCUT2D eigenvalue weighted by Crippen LogP contribution is 2.25. The molecule has 0 spiro atoms. The van der Waals surface area contributed by atoms with E-state index in [2.05, 4.69) is 0 Å². The smallest absolute Gasteiger partial charge is 0.335 e. The molecule has 7 heteroatoms. The third-order valence-electron chi connectivity index (χ3n) is 1.89. The Balaban J connectivity index is 2.70. The van der Waals surface area contributed by atoms with Gasteiger partial charge in [0.15, 0.2) is 9.84 Å². The van der Waals surface area contributed by atoms with Crippen LogP contribution < -0.4 is 4.74 Å². The van der Waals surface area contributed by atoms with Gasteiger partial charge in [-0.05, 0) is 18.2 Å². The standard InChI is InChI=1S/C10H11ClO5S/c1-17(14,15)5-4-16-9-3-2-7(10(12)13)6-8(9)11/h2-3,6H,4-5H2,1H3,(H,12,13). The lowest BCUT2D eigenvalue weighted by Crippen LogP contribution is -2.12. The minimum absolute atomic E-state index is 0.0228. The summed E-state index contributed by atoms with van der Waals surface area (Å²) in [6.07, 6.45) is 1.10. The number of ether oxygens (including phenoxy) is 1. The summed E-state index contributed by atoms with van der Waals surface area (Å²) in [5.41, 5.74) is 0.0467. The summed E-state index contributed by atoms with van der Waals surface area (Å²) in [5, 5.41) is 8.84. The Kier molecular flexibility index (Phi) is 4.36. The van der Waals surface area contributed by atoms with E-state index in [0.29, 0.717) is 0 Å². The van der Waals surface area contributed by atoms with Crippen LogP contribution in [0.3, 0.4) is 0 Å². The van der Waals surface area contributed by atoms with Crippen LogP contribution in [0.4, 0.5) is 0 Å². The van der Waals surface area contributed by atoms with Crippen LogP contribution in [0.15, 0.2) is 18.2 Å². The van der Waals surface area contributed by atoms with Crippen LogP contribution in [0.1, 0.15) is 10.4 Å². The molecule has 0 aromatic heterocycles. The third kappa shape index (κ3) is 4.62. The van der Waals surface area contributed by atoms with Crippen molar-refractivity contribution < 1.29 is 23.1 Å². The minimum atomic E-state index is -3.09. The highest BCUT2D eigenvalue weighted by Gasteiger charge is 2.09. The molecule has 0 saturated carbocycles. The van der Waals surface area contributed by atoms with Gasteiger partial charge in [-0.25, -0.2) is 13.2 Å². The van der Waals surface area contributed by atoms with E-state index in [4.69, 9.17) is 21.4 Å². The van der Waals surface area contributed by atoms with E-state index in [9.17, 15) is 13.2 Å². The number of carboxylic acid groups (broad SMARTS) is 1. The van der Waals surface area contributed by atoms with Crippen molar-refractivity contribution in [1.29, 1.82) is 0 Å². The summed E-state index contributed by atoms with van der Waals surface area (Å²) in [5.74, 6) is -0.945. The first-order valence-electron chi connectivity index (χ1n) is 4.63. The number of hydrogen-bond donors (Lipinski definition) is 1. The number of carbonyl (C=O) groups is 1. The monoisotopic (exact) mass is 278 g/mol. The molecule has 94 valence electrons. The molecule has 0 bridgehead atoms. The number of aromatic carboxylic acids is 1. The molecule has 0 saturated heterocycles. The molecular weight excluding hydrogens is 268 g/mol. The molecule has 0 amide bonds. The zero-order valence-electron chi connectivity index (χ0n) is 9.01. The molecule has 5 nitrogen and oxygen atoms in total. The first-order chi connectivity index (χ1) is 7.79. The fraction of sp³-hybridized carbons (Fsp3) is 0.300. The van der Waals surface area contributed by atoms with E-state index in [1.165, 1.54) is 18.2 Å². The van der Waals surface area contributed by atoms with E-state index in [1.54, 1.807) is 0 Å². The predicted molar refractivity (Wildman–Crippen MR) is 63.6 cm³/mol. The van der Waals surface area contributed by atoms with Crippen molar-refractivity contribution in [2.24, 2.45) is 0 Å². The molecule has 0 fully saturated rings. The molecule has 0 heterocycles. The molecule has 1 aromatic carbocycles. The maximum absolute atomic E-state index is 10.9. The van der Waals surface area contributed by atoms with Gasteiger partial charge < -0.3 is 9.84 Å². The topological polar surface area (TPSA) is 80.7 Å². The normalized spacial score (nSPS) is 11.2. The third-order valence-corrected chi connectivity index (χ3v) is 3.09. The van der Waals surface area contributed by atoms with Gasteiger partial charge in [0.1, 0.15) is 12.4 Å². The van der Waals surface area contributed by atoms with E-state index >= 15 is 0 Å². The fourth-order valence-electron chi connectivity index (χ4n) is 1.05. The van der Waals surface area contributed by atoms with Gasteiger partial charge in [0, 0.05) is 6.26 Å². The summed E-state index contributed by atoms with van der Waals surface area (Å²) < 4.78 is 26.9. The van der Waals surface area contributed by atoms with Crippen LogP contribution in [0.2, 0.25) is 5.02 Å². The number of hydrogen-bond acceptors (Lipinski definition) is 4. The van der Waals surface area contributed by atoms with Crippen molar-refractivity contribution in [3.05, 3.63) is 28.8 Å². The quantitative estimate of drug-likeness (QED) is 0.882. The van der Waals surface area contributed by atoms with Crippen molar-refractivity contribution in [3.8, 4) is 5.75 Å². The second-order valence-electron chi connectivity index (χ2n) is 3.43. The molecule has 0 radical (unpaired) electrons. The van der Waals surface area contributed by atoms with Crippen molar-refractivity contribution >= 4 is 27.4 Å². The summed E-state index contributed by atoms with van der Waals surface area (Å²) in [6, 6.07) is 3.98. The maximum atomic E-state index is 10.9. The van der Waals surface area contributed by atoms with E-state index in [1.807, 2.05) is 0 Å². The van der Waals surface area contributed by atoms with Gasteiger partial charge in [0.2, 0.25) is 0 Å². The average molecular weight is 279 g/mol. The predicted octanol–water partition coefficient (Wildman–Crippen LogP) is 1.46. The highest BCUT2D eigenvalue weighted by molar-refractivity contribution is 7.90. The first-order valence-corrected chi connectivity index (χ1v) is 7.07. The molecule has 1 rings (SSSR count). The van der Waals surface area contributed by atoms with Gasteiger partial charge >= 0.3 is 5.97 Å². The molecule has 1 aromatic rings. The van der Waals surface area contributed by atoms with E-state index in [0.717, 1.165) is 6.26 Å². The summed E-state index contributed by atoms with van der Waals surface area (Å²) in [4.78, 5) is 10.6. The fourth-order valence-corrected chi connectivity index (χ4v) is 1.68. The van der Waals surface area contributed by atoms with Crippen LogP contribution in [-0.2, 0) is 9.84 Å². The van der Waals surface area contributed by atoms with Crippen molar-refractivity contribution in [2.75, 3.05) is 18.6 Å². The number of benzene rings is 1. The van der Waals surface area contributed by atoms with Crippen molar-refractivity contribution in [1.82, 2.24) is 0 Å². The molecule has 17 heavy (non-hydrogen) atoms. The van der Waals surface area contributed by atoms with Gasteiger partial charge in [-0.2, -0.15) is 0 Å². The SMILES string of the molecule is CS(=O)(=O)CCOc1ccc(C(=O)O)cc1Cl. The molecule has 0 atom stereocenters. The Morgan fingerprint density at radius 3 is 2.59 bits per heavy atom. The zero-order chi connectivity index (χ0) is 13.1. The van der Waals surface area contributed by atoms with Crippen LogP contribution in [0, 0.1) is 0 Å². The van der Waals surface area contributed by atoms with Crippen LogP contribution in [-0.4, -0.2) is 38.1 Å². The van der Waals surface area contributed by atoms with Crippen molar-refractivity contribution in [3.63, 3.8) is 0 Å². The largest absolute Gasteiger partial charge is 0.491 e. The molecule has 0 aliphatic carbocycles. The number of carboxylic acids is 1. The summed E-state index contributed by atoms with van der Waals surface area (Å²) >= 11 is 5.79. The van der Waals surface area contributed by atoms with E-state index in [-0.39, 0.29) is 28.7 Å². The summed E-state index contributed by atoms with van der Waals surface area (Å²) in [7, 11) is -3.09. The van der Waals surface area contributed by atoms with Gasteiger partial charge in [-0.1, -0.05) is 11.6 Å². The number of halogens is 1. The van der Waals surface area contributed by atoms with Crippen molar-refractivity contribution in [2.45, 2.75) is 0 Å². The molecule has 0 aliphatic rings. The van der Waals surface area contributed by atoms with E-state index < -0.39 is 15.8 Å². The highest BCUT2D eigenvalue weighted by atomic mass is 35.5. The Labute approximate surface area is 104 Å². The van der Waals surface area contributed by atoms with Crippen LogP contribution in [0.5, 0.6) is 5.75 Å². The molecular formula is C10H11ClO5S. The average Bonchev–Trinajstić information content (AvgIpc) is 2.18. The first kappa shape index (κ1) is 13.8. The molecule has 0 unspecified atom stereocenters. The number of sulfone groups is 1. The lowest BCUT2D eigenvalue weighted by atomic mass is 10.2. The zero-order valence-corrected chi connectivity index (χ0v) is 10.6.